The molecule has 2 aliphatic heterocycles. The standard InChI is InChI=1S/C14H26N2OS2/c1-11(9-13(15)18)16(2)12-3-6-17-14(10-12)4-7-19-8-5-14/h11-12H,3-10H2,1-2H3,(H2,15,18). The van der Waals surface area contributed by atoms with Crippen molar-refractivity contribution in [2.24, 2.45) is 5.73 Å². The van der Waals surface area contributed by atoms with Crippen LogP contribution in [0.3, 0.4) is 0 Å². The van der Waals surface area contributed by atoms with Crippen LogP contribution in [-0.2, 0) is 4.74 Å². The molecular weight excluding hydrogens is 276 g/mol. The van der Waals surface area contributed by atoms with Crippen LogP contribution >= 0.6 is 24.0 Å². The molecule has 0 aromatic carbocycles. The molecule has 2 N–H and O–H groups in total. The third-order valence-corrected chi connectivity index (χ3v) is 5.79. The van der Waals surface area contributed by atoms with E-state index in [1.807, 2.05) is 0 Å². The Balaban J connectivity index is 1.94. The lowest BCUT2D eigenvalue weighted by Gasteiger charge is -2.46. The molecule has 0 saturated carbocycles. The summed E-state index contributed by atoms with van der Waals surface area (Å²) >= 11 is 7.09. The van der Waals surface area contributed by atoms with Gasteiger partial charge in [0.25, 0.3) is 0 Å². The minimum atomic E-state index is 0.158. The smallest absolute Gasteiger partial charge is 0.0742 e. The number of nitrogens with zero attached hydrogens (tertiary/aromatic N) is 1. The first-order chi connectivity index (χ1) is 9.02. The molecule has 0 aromatic heterocycles. The van der Waals surface area contributed by atoms with E-state index >= 15 is 0 Å². The third kappa shape index (κ3) is 4.06. The van der Waals surface area contributed by atoms with Gasteiger partial charge in [-0.3, -0.25) is 0 Å². The summed E-state index contributed by atoms with van der Waals surface area (Å²) in [6, 6.07) is 1.04. The van der Waals surface area contributed by atoms with Crippen molar-refractivity contribution in [3.63, 3.8) is 0 Å². The molecule has 0 aromatic rings. The maximum atomic E-state index is 6.16. The Morgan fingerprint density at radius 1 is 1.53 bits per heavy atom. The lowest BCUT2D eigenvalue weighted by Crippen LogP contribution is -2.51. The topological polar surface area (TPSA) is 38.5 Å². The summed E-state index contributed by atoms with van der Waals surface area (Å²) in [7, 11) is 2.21. The van der Waals surface area contributed by atoms with Crippen LogP contribution < -0.4 is 5.73 Å². The van der Waals surface area contributed by atoms with Crippen molar-refractivity contribution in [2.75, 3.05) is 25.2 Å². The van der Waals surface area contributed by atoms with Crippen molar-refractivity contribution in [2.45, 2.75) is 56.7 Å². The molecule has 0 aliphatic carbocycles. The Bertz CT molecular complexity index is 313. The second kappa shape index (κ2) is 6.74. The van der Waals surface area contributed by atoms with E-state index in [0.29, 0.717) is 17.1 Å². The van der Waals surface area contributed by atoms with Gasteiger partial charge in [0.2, 0.25) is 0 Å². The van der Waals surface area contributed by atoms with Crippen LogP contribution in [0.25, 0.3) is 0 Å². The molecule has 1 spiro atoms. The Hall–Kier alpha value is 0.160. The highest BCUT2D eigenvalue weighted by molar-refractivity contribution is 7.99. The SMILES string of the molecule is CC(CC(N)=S)N(C)C1CCOC2(CCSCC2)C1. The summed E-state index contributed by atoms with van der Waals surface area (Å²) < 4.78 is 6.16. The van der Waals surface area contributed by atoms with Crippen molar-refractivity contribution in [1.82, 2.24) is 4.90 Å². The van der Waals surface area contributed by atoms with Crippen LogP contribution in [0.2, 0.25) is 0 Å². The highest BCUT2D eigenvalue weighted by atomic mass is 32.2. The number of hydrogen-bond donors (Lipinski definition) is 1. The fraction of sp³-hybridized carbons (Fsp3) is 0.929. The minimum Gasteiger partial charge on any atom is -0.393 e. The lowest BCUT2D eigenvalue weighted by molar-refractivity contribution is -0.111. The molecule has 2 rings (SSSR count). The summed E-state index contributed by atoms with van der Waals surface area (Å²) in [5, 5.41) is 0. The molecule has 5 heteroatoms. The monoisotopic (exact) mass is 302 g/mol. The second-order valence-corrected chi connectivity index (χ2v) is 7.72. The first-order valence-corrected chi connectivity index (χ1v) is 8.81. The van der Waals surface area contributed by atoms with Gasteiger partial charge < -0.3 is 15.4 Å². The Kier molecular flexibility index (Phi) is 5.52. The number of thiocarbonyl (C=S) groups is 1. The largest absolute Gasteiger partial charge is 0.393 e. The lowest BCUT2D eigenvalue weighted by atomic mass is 9.84. The molecule has 0 amide bonds. The fourth-order valence-electron chi connectivity index (χ4n) is 3.24. The van der Waals surface area contributed by atoms with Gasteiger partial charge in [-0.2, -0.15) is 11.8 Å². The first-order valence-electron chi connectivity index (χ1n) is 7.24. The van der Waals surface area contributed by atoms with Crippen molar-refractivity contribution in [3.05, 3.63) is 0 Å². The summed E-state index contributed by atoms with van der Waals surface area (Å²) in [5.74, 6) is 2.50. The summed E-state index contributed by atoms with van der Waals surface area (Å²) in [6.07, 6.45) is 5.54. The molecular formula is C14H26N2OS2. The molecule has 2 atom stereocenters. The van der Waals surface area contributed by atoms with Gasteiger partial charge in [-0.05, 0) is 51.2 Å². The fourth-order valence-corrected chi connectivity index (χ4v) is 4.71. The number of nitrogens with two attached hydrogens (primary N) is 1. The van der Waals surface area contributed by atoms with Gasteiger partial charge in [0.15, 0.2) is 0 Å². The van der Waals surface area contributed by atoms with E-state index < -0.39 is 0 Å². The Morgan fingerprint density at radius 2 is 2.21 bits per heavy atom. The molecule has 2 saturated heterocycles. The van der Waals surface area contributed by atoms with Crippen molar-refractivity contribution >= 4 is 29.0 Å². The van der Waals surface area contributed by atoms with Gasteiger partial charge in [-0.1, -0.05) is 12.2 Å². The van der Waals surface area contributed by atoms with E-state index in [2.05, 4.69) is 30.6 Å². The zero-order valence-corrected chi connectivity index (χ0v) is 13.7. The maximum Gasteiger partial charge on any atom is 0.0742 e. The van der Waals surface area contributed by atoms with Gasteiger partial charge >= 0.3 is 0 Å². The van der Waals surface area contributed by atoms with Gasteiger partial charge in [-0.15, -0.1) is 0 Å². The van der Waals surface area contributed by atoms with Crippen LogP contribution in [0.5, 0.6) is 0 Å². The Labute approximate surface area is 126 Å². The van der Waals surface area contributed by atoms with Crippen molar-refractivity contribution < 1.29 is 4.74 Å². The summed E-state index contributed by atoms with van der Waals surface area (Å²) in [6.45, 7) is 3.12. The first kappa shape index (κ1) is 15.5. The Morgan fingerprint density at radius 3 is 2.84 bits per heavy atom. The predicted octanol–water partition coefficient (Wildman–Crippen LogP) is 2.43. The van der Waals surface area contributed by atoms with Gasteiger partial charge in [0, 0.05) is 25.1 Å². The molecule has 0 bridgehead atoms. The summed E-state index contributed by atoms with van der Waals surface area (Å²) in [5.41, 5.74) is 5.83. The van der Waals surface area contributed by atoms with Gasteiger partial charge in [0.05, 0.1) is 10.6 Å². The van der Waals surface area contributed by atoms with E-state index in [0.717, 1.165) is 19.4 Å². The molecule has 2 aliphatic rings. The van der Waals surface area contributed by atoms with E-state index in [4.69, 9.17) is 22.7 Å². The van der Waals surface area contributed by atoms with E-state index in [1.165, 1.54) is 30.8 Å². The van der Waals surface area contributed by atoms with E-state index in [-0.39, 0.29) is 5.60 Å². The van der Waals surface area contributed by atoms with Crippen LogP contribution in [0, 0.1) is 0 Å². The quantitative estimate of drug-likeness (QED) is 0.808. The molecule has 2 fully saturated rings. The predicted molar refractivity (Wildman–Crippen MR) is 86.9 cm³/mol. The third-order valence-electron chi connectivity index (χ3n) is 4.64. The van der Waals surface area contributed by atoms with Gasteiger partial charge in [-0.25, -0.2) is 0 Å². The zero-order valence-electron chi connectivity index (χ0n) is 12.1. The maximum absolute atomic E-state index is 6.16. The molecule has 0 radical (unpaired) electrons. The number of rotatable bonds is 4. The van der Waals surface area contributed by atoms with Crippen molar-refractivity contribution in [1.29, 1.82) is 0 Å². The average Bonchev–Trinajstić information content (AvgIpc) is 2.38. The highest BCUT2D eigenvalue weighted by Gasteiger charge is 2.40. The molecule has 110 valence electrons. The highest BCUT2D eigenvalue weighted by Crippen LogP contribution is 2.39. The minimum absolute atomic E-state index is 0.158. The number of thioether (sulfide) groups is 1. The van der Waals surface area contributed by atoms with E-state index in [9.17, 15) is 0 Å². The van der Waals surface area contributed by atoms with Crippen LogP contribution in [0.1, 0.15) is 39.0 Å². The number of hydrogen-bond acceptors (Lipinski definition) is 4. The van der Waals surface area contributed by atoms with E-state index in [1.54, 1.807) is 0 Å². The average molecular weight is 303 g/mol. The van der Waals surface area contributed by atoms with Crippen molar-refractivity contribution in [3.8, 4) is 0 Å². The zero-order chi connectivity index (χ0) is 13.9. The normalized spacial score (nSPS) is 28.5. The van der Waals surface area contributed by atoms with Crippen LogP contribution in [0.15, 0.2) is 0 Å². The van der Waals surface area contributed by atoms with Crippen LogP contribution in [-0.4, -0.2) is 52.7 Å². The molecule has 19 heavy (non-hydrogen) atoms. The molecule has 2 heterocycles. The molecule has 3 nitrogen and oxygen atoms in total. The second-order valence-electron chi connectivity index (χ2n) is 5.98. The van der Waals surface area contributed by atoms with Gasteiger partial charge in [0.1, 0.15) is 0 Å². The van der Waals surface area contributed by atoms with Crippen LogP contribution in [0.4, 0.5) is 0 Å². The molecule has 2 unspecified atom stereocenters. The number of ether oxygens (including phenoxy) is 1. The summed E-state index contributed by atoms with van der Waals surface area (Å²) in [4.78, 5) is 3.08.